The van der Waals surface area contributed by atoms with Crippen LogP contribution in [0.5, 0.6) is 0 Å². The Kier molecular flexibility index (Phi) is 6.26. The Labute approximate surface area is 138 Å². The SMILES string of the molecule is Cl.Cn1ccnc1C1CNCCN1C(=O)CC1CCCCC1. The standard InChI is InChI=1S/C16H26N4O.ClH/c1-19-9-8-18-16(19)14-12-17-7-10-20(14)15(21)11-13-5-3-2-4-6-13;/h8-9,13-14,17H,2-7,10-12H2,1H3;1H. The second kappa shape index (κ2) is 7.97. The number of nitrogens with zero attached hydrogens (tertiary/aromatic N) is 3. The number of carbonyl (C=O) groups excluding carboxylic acids is 1. The Bertz CT molecular complexity index is 484. The summed E-state index contributed by atoms with van der Waals surface area (Å²) in [7, 11) is 2.00. The summed E-state index contributed by atoms with van der Waals surface area (Å²) in [6.45, 7) is 2.49. The Morgan fingerprint density at radius 1 is 1.36 bits per heavy atom. The summed E-state index contributed by atoms with van der Waals surface area (Å²) in [6.07, 6.45) is 10.9. The molecule has 1 atom stereocenters. The number of imidazole rings is 1. The van der Waals surface area contributed by atoms with E-state index in [2.05, 4.69) is 10.3 Å². The number of carbonyl (C=O) groups is 1. The van der Waals surface area contributed by atoms with Crippen molar-refractivity contribution in [1.82, 2.24) is 19.8 Å². The highest BCUT2D eigenvalue weighted by Gasteiger charge is 2.31. The van der Waals surface area contributed by atoms with Gasteiger partial charge in [0.2, 0.25) is 5.91 Å². The zero-order valence-electron chi connectivity index (χ0n) is 13.3. The van der Waals surface area contributed by atoms with E-state index in [4.69, 9.17) is 0 Å². The molecule has 5 nitrogen and oxygen atoms in total. The largest absolute Gasteiger partial charge is 0.336 e. The molecule has 3 rings (SSSR count). The first-order valence-corrected chi connectivity index (χ1v) is 8.23. The number of aryl methyl sites for hydroxylation is 1. The number of halogens is 1. The van der Waals surface area contributed by atoms with Gasteiger partial charge in [0.25, 0.3) is 0 Å². The molecule has 1 N–H and O–H groups in total. The smallest absolute Gasteiger partial charge is 0.223 e. The third-order valence-electron chi connectivity index (χ3n) is 4.91. The molecular weight excluding hydrogens is 300 g/mol. The van der Waals surface area contributed by atoms with Crippen LogP contribution in [0.3, 0.4) is 0 Å². The van der Waals surface area contributed by atoms with Gasteiger partial charge in [0, 0.05) is 45.5 Å². The van der Waals surface area contributed by atoms with Gasteiger partial charge in [-0.05, 0) is 18.8 Å². The van der Waals surface area contributed by atoms with E-state index < -0.39 is 0 Å². The van der Waals surface area contributed by atoms with Crippen molar-refractivity contribution in [1.29, 1.82) is 0 Å². The molecule has 2 fully saturated rings. The Hall–Kier alpha value is -1.07. The Morgan fingerprint density at radius 3 is 2.82 bits per heavy atom. The molecular formula is C16H27ClN4O. The van der Waals surface area contributed by atoms with Crippen LogP contribution in [0.4, 0.5) is 0 Å². The minimum Gasteiger partial charge on any atom is -0.336 e. The molecule has 124 valence electrons. The van der Waals surface area contributed by atoms with Gasteiger partial charge >= 0.3 is 0 Å². The maximum atomic E-state index is 12.7. The average molecular weight is 327 g/mol. The molecule has 2 heterocycles. The fourth-order valence-corrected chi connectivity index (χ4v) is 3.69. The molecule has 1 amide bonds. The molecule has 1 aromatic rings. The Balaban J connectivity index is 0.00000176. The number of piperazine rings is 1. The summed E-state index contributed by atoms with van der Waals surface area (Å²) >= 11 is 0. The first-order chi connectivity index (χ1) is 10.3. The second-order valence-electron chi connectivity index (χ2n) is 6.41. The fourth-order valence-electron chi connectivity index (χ4n) is 3.69. The summed E-state index contributed by atoms with van der Waals surface area (Å²) in [5, 5.41) is 3.39. The van der Waals surface area contributed by atoms with Crippen molar-refractivity contribution < 1.29 is 4.79 Å². The fraction of sp³-hybridized carbons (Fsp3) is 0.750. The first kappa shape index (κ1) is 17.3. The van der Waals surface area contributed by atoms with Crippen molar-refractivity contribution in [3.63, 3.8) is 0 Å². The van der Waals surface area contributed by atoms with Crippen molar-refractivity contribution in [3.8, 4) is 0 Å². The van der Waals surface area contributed by atoms with E-state index in [1.165, 1.54) is 32.1 Å². The molecule has 0 bridgehead atoms. The highest BCUT2D eigenvalue weighted by Crippen LogP contribution is 2.29. The van der Waals surface area contributed by atoms with Gasteiger partial charge < -0.3 is 14.8 Å². The molecule has 1 aromatic heterocycles. The van der Waals surface area contributed by atoms with Crippen LogP contribution in [-0.4, -0.2) is 40.0 Å². The van der Waals surface area contributed by atoms with Crippen LogP contribution in [0.1, 0.15) is 50.4 Å². The third kappa shape index (κ3) is 3.82. The van der Waals surface area contributed by atoms with Crippen LogP contribution in [0.2, 0.25) is 0 Å². The zero-order chi connectivity index (χ0) is 14.7. The molecule has 1 saturated carbocycles. The molecule has 0 spiro atoms. The van der Waals surface area contributed by atoms with Crippen LogP contribution in [0.25, 0.3) is 0 Å². The summed E-state index contributed by atoms with van der Waals surface area (Å²) in [6, 6.07) is 0.0786. The molecule has 1 aliphatic carbocycles. The van der Waals surface area contributed by atoms with Crippen molar-refractivity contribution in [2.75, 3.05) is 19.6 Å². The highest BCUT2D eigenvalue weighted by atomic mass is 35.5. The van der Waals surface area contributed by atoms with E-state index in [9.17, 15) is 4.79 Å². The number of aromatic nitrogens is 2. The number of amides is 1. The van der Waals surface area contributed by atoms with Crippen molar-refractivity contribution in [2.24, 2.45) is 13.0 Å². The quantitative estimate of drug-likeness (QED) is 0.927. The minimum atomic E-state index is 0. The van der Waals surface area contributed by atoms with Gasteiger partial charge in [-0.2, -0.15) is 0 Å². The van der Waals surface area contributed by atoms with Gasteiger partial charge in [-0.15, -0.1) is 12.4 Å². The zero-order valence-corrected chi connectivity index (χ0v) is 14.1. The summed E-state index contributed by atoms with van der Waals surface area (Å²) in [5.41, 5.74) is 0. The molecule has 0 aromatic carbocycles. The van der Waals surface area contributed by atoms with Crippen molar-refractivity contribution >= 4 is 18.3 Å². The monoisotopic (exact) mass is 326 g/mol. The summed E-state index contributed by atoms with van der Waals surface area (Å²) in [5.74, 6) is 1.90. The van der Waals surface area contributed by atoms with E-state index in [-0.39, 0.29) is 18.4 Å². The van der Waals surface area contributed by atoms with E-state index in [1.54, 1.807) is 0 Å². The van der Waals surface area contributed by atoms with Crippen LogP contribution < -0.4 is 5.32 Å². The van der Waals surface area contributed by atoms with E-state index >= 15 is 0 Å². The second-order valence-corrected chi connectivity index (χ2v) is 6.41. The molecule has 1 unspecified atom stereocenters. The van der Waals surface area contributed by atoms with Crippen molar-refractivity contribution in [2.45, 2.75) is 44.6 Å². The van der Waals surface area contributed by atoms with Gasteiger partial charge in [-0.3, -0.25) is 4.79 Å². The lowest BCUT2D eigenvalue weighted by Gasteiger charge is -2.37. The normalized spacial score (nSPS) is 23.1. The number of hydrogen-bond acceptors (Lipinski definition) is 3. The minimum absolute atomic E-state index is 0. The number of hydrogen-bond donors (Lipinski definition) is 1. The number of rotatable bonds is 3. The highest BCUT2D eigenvalue weighted by molar-refractivity contribution is 5.85. The molecule has 1 saturated heterocycles. The van der Waals surface area contributed by atoms with Crippen LogP contribution >= 0.6 is 12.4 Å². The number of nitrogens with one attached hydrogen (secondary N) is 1. The Morgan fingerprint density at radius 2 is 2.14 bits per heavy atom. The van der Waals surface area contributed by atoms with E-state index in [0.717, 1.165) is 31.9 Å². The topological polar surface area (TPSA) is 50.2 Å². The van der Waals surface area contributed by atoms with E-state index in [1.807, 2.05) is 28.9 Å². The van der Waals surface area contributed by atoms with Gasteiger partial charge in [-0.1, -0.05) is 19.3 Å². The molecule has 6 heteroatoms. The van der Waals surface area contributed by atoms with Crippen molar-refractivity contribution in [3.05, 3.63) is 18.2 Å². The van der Waals surface area contributed by atoms with Gasteiger partial charge in [0.15, 0.2) is 0 Å². The molecule has 0 radical (unpaired) electrons. The summed E-state index contributed by atoms with van der Waals surface area (Å²) < 4.78 is 2.03. The maximum Gasteiger partial charge on any atom is 0.223 e. The first-order valence-electron chi connectivity index (χ1n) is 8.23. The lowest BCUT2D eigenvalue weighted by molar-refractivity contribution is -0.136. The van der Waals surface area contributed by atoms with Crippen LogP contribution in [0.15, 0.2) is 12.4 Å². The molecule has 1 aliphatic heterocycles. The predicted molar refractivity (Wildman–Crippen MR) is 89.0 cm³/mol. The maximum absolute atomic E-state index is 12.7. The molecule has 2 aliphatic rings. The lowest BCUT2D eigenvalue weighted by Crippen LogP contribution is -2.49. The van der Waals surface area contributed by atoms with Gasteiger partial charge in [0.05, 0.1) is 0 Å². The van der Waals surface area contributed by atoms with E-state index in [0.29, 0.717) is 11.8 Å². The summed E-state index contributed by atoms with van der Waals surface area (Å²) in [4.78, 5) is 19.2. The van der Waals surface area contributed by atoms with Crippen LogP contribution in [-0.2, 0) is 11.8 Å². The van der Waals surface area contributed by atoms with Gasteiger partial charge in [-0.25, -0.2) is 4.98 Å². The van der Waals surface area contributed by atoms with Crippen LogP contribution in [0, 0.1) is 5.92 Å². The van der Waals surface area contributed by atoms with Gasteiger partial charge in [0.1, 0.15) is 11.9 Å². The lowest BCUT2D eigenvalue weighted by atomic mass is 9.86. The predicted octanol–water partition coefficient (Wildman–Crippen LogP) is 2.29. The average Bonchev–Trinajstić information content (AvgIpc) is 2.94. The molecule has 22 heavy (non-hydrogen) atoms. The third-order valence-corrected chi connectivity index (χ3v) is 4.91.